The van der Waals surface area contributed by atoms with E-state index in [1.165, 1.54) is 12.8 Å². The number of ether oxygens (including phenoxy) is 1. The van der Waals surface area contributed by atoms with E-state index in [1.807, 2.05) is 37.4 Å². The Morgan fingerprint density at radius 3 is 2.58 bits per heavy atom. The zero-order valence-electron chi connectivity index (χ0n) is 10.6. The molecule has 1 aliphatic carbocycles. The Hall–Kier alpha value is -1.62. The van der Waals surface area contributed by atoms with Crippen molar-refractivity contribution in [2.75, 3.05) is 12.4 Å². The maximum Gasteiger partial charge on any atom is 0.224 e. The van der Waals surface area contributed by atoms with Crippen molar-refractivity contribution in [1.29, 1.82) is 0 Å². The van der Waals surface area contributed by atoms with Crippen LogP contribution in [0, 0.1) is 0 Å². The van der Waals surface area contributed by atoms with Crippen LogP contribution in [-0.4, -0.2) is 17.0 Å². The Labute approximate surface area is 120 Å². The first-order chi connectivity index (χ1) is 9.24. The minimum atomic E-state index is 0.501. The minimum absolute atomic E-state index is 0.501. The second-order valence-corrected chi connectivity index (χ2v) is 5.45. The molecule has 1 aliphatic rings. The lowest BCUT2D eigenvalue weighted by atomic mass is 10.3. The minimum Gasteiger partial charge on any atom is -0.439 e. The van der Waals surface area contributed by atoms with Crippen molar-refractivity contribution in [2.24, 2.45) is 0 Å². The number of anilines is 1. The van der Waals surface area contributed by atoms with Gasteiger partial charge >= 0.3 is 0 Å². The molecule has 0 bridgehead atoms. The first-order valence-electron chi connectivity index (χ1n) is 6.25. The van der Waals surface area contributed by atoms with Gasteiger partial charge in [-0.1, -0.05) is 15.9 Å². The van der Waals surface area contributed by atoms with Crippen molar-refractivity contribution in [1.82, 2.24) is 9.97 Å². The fraction of sp³-hybridized carbons (Fsp3) is 0.286. The van der Waals surface area contributed by atoms with Gasteiger partial charge in [-0.25, -0.2) is 4.98 Å². The topological polar surface area (TPSA) is 47.0 Å². The van der Waals surface area contributed by atoms with Crippen LogP contribution in [0.15, 0.2) is 34.8 Å². The van der Waals surface area contributed by atoms with E-state index >= 15 is 0 Å². The second kappa shape index (κ2) is 5.17. The smallest absolute Gasteiger partial charge is 0.224 e. The van der Waals surface area contributed by atoms with E-state index in [0.717, 1.165) is 21.9 Å². The molecule has 1 aromatic heterocycles. The summed E-state index contributed by atoms with van der Waals surface area (Å²) in [6, 6.07) is 9.51. The fourth-order valence-electron chi connectivity index (χ4n) is 1.77. The van der Waals surface area contributed by atoms with Gasteiger partial charge in [0.05, 0.1) is 0 Å². The third-order valence-electron chi connectivity index (χ3n) is 2.95. The molecule has 2 aromatic rings. The number of hydrogen-bond acceptors (Lipinski definition) is 4. The van der Waals surface area contributed by atoms with Gasteiger partial charge in [-0.05, 0) is 37.1 Å². The number of benzene rings is 1. The summed E-state index contributed by atoms with van der Waals surface area (Å²) in [7, 11) is 1.85. The molecule has 1 heterocycles. The van der Waals surface area contributed by atoms with Gasteiger partial charge in [-0.3, -0.25) is 0 Å². The third kappa shape index (κ3) is 3.04. The van der Waals surface area contributed by atoms with Crippen molar-refractivity contribution >= 4 is 21.7 Å². The zero-order chi connectivity index (χ0) is 13.2. The number of aromatic nitrogens is 2. The van der Waals surface area contributed by atoms with Gasteiger partial charge in [-0.15, -0.1) is 0 Å². The largest absolute Gasteiger partial charge is 0.439 e. The first-order valence-corrected chi connectivity index (χ1v) is 7.04. The summed E-state index contributed by atoms with van der Waals surface area (Å²) in [6.07, 6.45) is 2.34. The molecule has 98 valence electrons. The van der Waals surface area contributed by atoms with Gasteiger partial charge in [0, 0.05) is 23.5 Å². The average molecular weight is 320 g/mol. The van der Waals surface area contributed by atoms with Gasteiger partial charge in [0.1, 0.15) is 17.4 Å². The van der Waals surface area contributed by atoms with Crippen molar-refractivity contribution < 1.29 is 4.74 Å². The predicted octanol–water partition coefficient (Wildman–Crippen LogP) is 3.95. The van der Waals surface area contributed by atoms with Crippen LogP contribution in [0.5, 0.6) is 11.6 Å². The summed E-state index contributed by atoms with van der Waals surface area (Å²) in [6.45, 7) is 0. The Morgan fingerprint density at radius 2 is 1.95 bits per heavy atom. The van der Waals surface area contributed by atoms with E-state index < -0.39 is 0 Å². The summed E-state index contributed by atoms with van der Waals surface area (Å²) in [5.74, 6) is 3.53. The Morgan fingerprint density at radius 1 is 1.21 bits per heavy atom. The van der Waals surface area contributed by atoms with Crippen LogP contribution < -0.4 is 10.1 Å². The van der Waals surface area contributed by atoms with Crippen LogP contribution >= 0.6 is 15.9 Å². The number of rotatable bonds is 4. The highest BCUT2D eigenvalue weighted by Crippen LogP contribution is 2.39. The lowest BCUT2D eigenvalue weighted by molar-refractivity contribution is 0.459. The molecule has 0 amide bonds. The van der Waals surface area contributed by atoms with Crippen molar-refractivity contribution in [3.05, 3.63) is 40.6 Å². The molecule has 19 heavy (non-hydrogen) atoms. The Balaban J connectivity index is 1.86. The number of halogens is 1. The van der Waals surface area contributed by atoms with Gasteiger partial charge in [0.15, 0.2) is 0 Å². The fourth-order valence-corrected chi connectivity index (χ4v) is 2.03. The van der Waals surface area contributed by atoms with Gasteiger partial charge in [-0.2, -0.15) is 4.98 Å². The van der Waals surface area contributed by atoms with Crippen LogP contribution in [-0.2, 0) is 0 Å². The molecule has 4 nitrogen and oxygen atoms in total. The molecular formula is C14H14BrN3O. The van der Waals surface area contributed by atoms with Crippen molar-refractivity contribution in [3.63, 3.8) is 0 Å². The Kier molecular flexibility index (Phi) is 3.38. The maximum absolute atomic E-state index is 5.78. The second-order valence-electron chi connectivity index (χ2n) is 4.53. The quantitative estimate of drug-likeness (QED) is 0.926. The standard InChI is InChI=1S/C14H14BrN3O/c1-16-12-8-13(18-14(17-12)9-2-3-9)19-11-6-4-10(15)5-7-11/h4-9H,2-3H2,1H3,(H,16,17,18). The Bertz CT molecular complexity index is 582. The van der Waals surface area contributed by atoms with Crippen molar-refractivity contribution in [3.8, 4) is 11.6 Å². The lowest BCUT2D eigenvalue weighted by Gasteiger charge is -2.08. The highest BCUT2D eigenvalue weighted by atomic mass is 79.9. The summed E-state index contributed by atoms with van der Waals surface area (Å²) >= 11 is 3.40. The van der Waals surface area contributed by atoms with E-state index in [9.17, 15) is 0 Å². The molecule has 0 aliphatic heterocycles. The molecule has 0 atom stereocenters. The van der Waals surface area contributed by atoms with Crippen LogP contribution in [0.2, 0.25) is 0 Å². The average Bonchev–Trinajstić information content (AvgIpc) is 3.25. The van der Waals surface area contributed by atoms with E-state index in [2.05, 4.69) is 31.2 Å². The molecule has 0 unspecified atom stereocenters. The maximum atomic E-state index is 5.78. The SMILES string of the molecule is CNc1cc(Oc2ccc(Br)cc2)nc(C2CC2)n1. The van der Waals surface area contributed by atoms with E-state index in [4.69, 9.17) is 4.74 Å². The number of nitrogens with one attached hydrogen (secondary N) is 1. The molecule has 3 rings (SSSR count). The predicted molar refractivity (Wildman–Crippen MR) is 77.8 cm³/mol. The highest BCUT2D eigenvalue weighted by Gasteiger charge is 2.27. The molecule has 1 saturated carbocycles. The molecule has 1 N–H and O–H groups in total. The number of hydrogen-bond donors (Lipinski definition) is 1. The van der Waals surface area contributed by atoms with Gasteiger partial charge < -0.3 is 10.1 Å². The molecule has 5 heteroatoms. The lowest BCUT2D eigenvalue weighted by Crippen LogP contribution is -2.00. The van der Waals surface area contributed by atoms with Crippen LogP contribution in [0.4, 0.5) is 5.82 Å². The molecule has 0 spiro atoms. The molecular weight excluding hydrogens is 306 g/mol. The summed E-state index contributed by atoms with van der Waals surface area (Å²) in [5, 5.41) is 3.05. The van der Waals surface area contributed by atoms with E-state index in [1.54, 1.807) is 0 Å². The van der Waals surface area contributed by atoms with Crippen molar-refractivity contribution in [2.45, 2.75) is 18.8 Å². The summed E-state index contributed by atoms with van der Waals surface area (Å²) in [4.78, 5) is 8.94. The van der Waals surface area contributed by atoms with Crippen LogP contribution in [0.1, 0.15) is 24.6 Å². The molecule has 1 aromatic carbocycles. The number of nitrogens with zero attached hydrogens (tertiary/aromatic N) is 2. The molecule has 0 radical (unpaired) electrons. The molecule has 1 fully saturated rings. The van der Waals surface area contributed by atoms with E-state index in [-0.39, 0.29) is 0 Å². The monoisotopic (exact) mass is 319 g/mol. The summed E-state index contributed by atoms with van der Waals surface area (Å²) < 4.78 is 6.81. The van der Waals surface area contributed by atoms with Gasteiger partial charge in [0.2, 0.25) is 5.88 Å². The van der Waals surface area contributed by atoms with Crippen LogP contribution in [0.3, 0.4) is 0 Å². The zero-order valence-corrected chi connectivity index (χ0v) is 12.1. The molecule has 0 saturated heterocycles. The highest BCUT2D eigenvalue weighted by molar-refractivity contribution is 9.10. The van der Waals surface area contributed by atoms with Crippen LogP contribution in [0.25, 0.3) is 0 Å². The van der Waals surface area contributed by atoms with E-state index in [0.29, 0.717) is 11.8 Å². The summed E-state index contributed by atoms with van der Waals surface area (Å²) in [5.41, 5.74) is 0. The third-order valence-corrected chi connectivity index (χ3v) is 3.48. The first kappa shape index (κ1) is 12.4. The van der Waals surface area contributed by atoms with Gasteiger partial charge in [0.25, 0.3) is 0 Å². The normalized spacial score (nSPS) is 14.2.